The zero-order chi connectivity index (χ0) is 14.7. The second-order valence-electron chi connectivity index (χ2n) is 4.97. The van der Waals surface area contributed by atoms with Crippen LogP contribution in [0.2, 0.25) is 0 Å². The highest BCUT2D eigenvalue weighted by Crippen LogP contribution is 2.33. The van der Waals surface area contributed by atoms with Crippen LogP contribution in [0, 0.1) is 0 Å². The minimum absolute atomic E-state index is 0.606. The van der Waals surface area contributed by atoms with Crippen molar-refractivity contribution in [2.24, 2.45) is 0 Å². The molecule has 21 heavy (non-hydrogen) atoms. The predicted molar refractivity (Wildman–Crippen MR) is 79.9 cm³/mol. The van der Waals surface area contributed by atoms with Crippen molar-refractivity contribution in [3.63, 3.8) is 0 Å². The minimum atomic E-state index is 0.606. The second-order valence-corrected chi connectivity index (χ2v) is 4.97. The zero-order valence-corrected chi connectivity index (χ0v) is 12.3. The summed E-state index contributed by atoms with van der Waals surface area (Å²) in [5.74, 6) is 2.02. The van der Waals surface area contributed by atoms with Gasteiger partial charge in [-0.05, 0) is 24.1 Å². The quantitative estimate of drug-likeness (QED) is 0.935. The number of hydrogen-bond donors (Lipinski definition) is 1. The SMILES string of the molecule is CCc1ccc(Oc2ncnc3c2CNCC3)c(OC)c1. The Morgan fingerprint density at radius 3 is 2.95 bits per heavy atom. The number of hydrogen-bond acceptors (Lipinski definition) is 5. The number of ether oxygens (including phenoxy) is 2. The lowest BCUT2D eigenvalue weighted by atomic mass is 10.1. The Balaban J connectivity index is 1.93. The molecule has 1 aromatic heterocycles. The molecule has 3 rings (SSSR count). The van der Waals surface area contributed by atoms with Crippen LogP contribution < -0.4 is 14.8 Å². The van der Waals surface area contributed by atoms with Gasteiger partial charge in [0, 0.05) is 19.5 Å². The van der Waals surface area contributed by atoms with Crippen molar-refractivity contribution in [1.29, 1.82) is 0 Å². The highest BCUT2D eigenvalue weighted by Gasteiger charge is 2.17. The van der Waals surface area contributed by atoms with Crippen LogP contribution in [0.4, 0.5) is 0 Å². The first kappa shape index (κ1) is 13.8. The maximum atomic E-state index is 5.98. The summed E-state index contributed by atoms with van der Waals surface area (Å²) in [6, 6.07) is 5.98. The van der Waals surface area contributed by atoms with E-state index in [1.54, 1.807) is 13.4 Å². The van der Waals surface area contributed by atoms with Gasteiger partial charge in [-0.2, -0.15) is 0 Å². The predicted octanol–water partition coefficient (Wildman–Crippen LogP) is 2.49. The van der Waals surface area contributed by atoms with E-state index in [9.17, 15) is 0 Å². The molecule has 0 fully saturated rings. The fraction of sp³-hybridized carbons (Fsp3) is 0.375. The van der Waals surface area contributed by atoms with Gasteiger partial charge in [-0.3, -0.25) is 0 Å². The molecule has 2 heterocycles. The van der Waals surface area contributed by atoms with Crippen molar-refractivity contribution in [1.82, 2.24) is 15.3 Å². The molecule has 1 aliphatic heterocycles. The standard InChI is InChI=1S/C16H19N3O2/c1-3-11-4-5-14(15(8-11)20-2)21-16-12-9-17-7-6-13(12)18-10-19-16/h4-5,8,10,17H,3,6-7,9H2,1-2H3. The van der Waals surface area contributed by atoms with Crippen LogP contribution in [0.1, 0.15) is 23.7 Å². The number of benzene rings is 1. The van der Waals surface area contributed by atoms with Crippen LogP contribution in [-0.4, -0.2) is 23.6 Å². The van der Waals surface area contributed by atoms with E-state index >= 15 is 0 Å². The maximum absolute atomic E-state index is 5.98. The number of aryl methyl sites for hydroxylation is 1. The molecule has 0 unspecified atom stereocenters. The Labute approximate surface area is 124 Å². The molecule has 1 aliphatic rings. The van der Waals surface area contributed by atoms with E-state index in [2.05, 4.69) is 22.2 Å². The van der Waals surface area contributed by atoms with E-state index in [4.69, 9.17) is 9.47 Å². The van der Waals surface area contributed by atoms with Crippen LogP contribution in [0.25, 0.3) is 0 Å². The van der Waals surface area contributed by atoms with Gasteiger partial charge in [0.15, 0.2) is 11.5 Å². The van der Waals surface area contributed by atoms with Crippen molar-refractivity contribution in [3.8, 4) is 17.4 Å². The fourth-order valence-corrected chi connectivity index (χ4v) is 2.45. The molecule has 1 N–H and O–H groups in total. The van der Waals surface area contributed by atoms with Gasteiger partial charge in [-0.1, -0.05) is 13.0 Å². The Morgan fingerprint density at radius 2 is 2.14 bits per heavy atom. The third kappa shape index (κ3) is 2.83. The van der Waals surface area contributed by atoms with Crippen molar-refractivity contribution in [3.05, 3.63) is 41.3 Å². The first-order valence-electron chi connectivity index (χ1n) is 7.20. The van der Waals surface area contributed by atoms with E-state index < -0.39 is 0 Å². The number of nitrogens with one attached hydrogen (secondary N) is 1. The van der Waals surface area contributed by atoms with E-state index in [-0.39, 0.29) is 0 Å². The summed E-state index contributed by atoms with van der Waals surface area (Å²) < 4.78 is 11.4. The Morgan fingerprint density at radius 1 is 1.24 bits per heavy atom. The molecule has 0 bridgehead atoms. The molecule has 5 heteroatoms. The number of nitrogens with zero attached hydrogens (tertiary/aromatic N) is 2. The lowest BCUT2D eigenvalue weighted by Crippen LogP contribution is -2.25. The highest BCUT2D eigenvalue weighted by molar-refractivity contribution is 5.46. The van der Waals surface area contributed by atoms with E-state index in [1.165, 1.54) is 5.56 Å². The molecular formula is C16H19N3O2. The summed E-state index contributed by atoms with van der Waals surface area (Å²) in [5.41, 5.74) is 3.30. The number of aromatic nitrogens is 2. The molecular weight excluding hydrogens is 266 g/mol. The molecule has 0 saturated heterocycles. The summed E-state index contributed by atoms with van der Waals surface area (Å²) in [4.78, 5) is 8.61. The van der Waals surface area contributed by atoms with Gasteiger partial charge in [0.05, 0.1) is 18.4 Å². The van der Waals surface area contributed by atoms with Gasteiger partial charge < -0.3 is 14.8 Å². The molecule has 0 atom stereocenters. The van der Waals surface area contributed by atoms with Crippen LogP contribution in [0.15, 0.2) is 24.5 Å². The molecule has 1 aromatic carbocycles. The van der Waals surface area contributed by atoms with Crippen molar-refractivity contribution >= 4 is 0 Å². The van der Waals surface area contributed by atoms with Gasteiger partial charge in [-0.25, -0.2) is 9.97 Å². The van der Waals surface area contributed by atoms with Gasteiger partial charge in [0.1, 0.15) is 6.33 Å². The number of methoxy groups -OCH3 is 1. The summed E-state index contributed by atoms with van der Waals surface area (Å²) in [6.45, 7) is 3.79. The van der Waals surface area contributed by atoms with Crippen LogP contribution in [-0.2, 0) is 19.4 Å². The average molecular weight is 285 g/mol. The van der Waals surface area contributed by atoms with Gasteiger partial charge in [0.2, 0.25) is 5.88 Å². The van der Waals surface area contributed by atoms with E-state index in [0.717, 1.165) is 42.9 Å². The van der Waals surface area contributed by atoms with E-state index in [0.29, 0.717) is 11.6 Å². The van der Waals surface area contributed by atoms with Gasteiger partial charge in [0.25, 0.3) is 0 Å². The molecule has 0 amide bonds. The molecule has 0 aliphatic carbocycles. The fourth-order valence-electron chi connectivity index (χ4n) is 2.45. The van der Waals surface area contributed by atoms with Crippen LogP contribution in [0.3, 0.4) is 0 Å². The molecule has 2 aromatic rings. The molecule has 0 radical (unpaired) electrons. The lowest BCUT2D eigenvalue weighted by molar-refractivity contribution is 0.370. The number of rotatable bonds is 4. The number of fused-ring (bicyclic) bond motifs is 1. The van der Waals surface area contributed by atoms with Crippen molar-refractivity contribution in [2.45, 2.75) is 26.3 Å². The Kier molecular flexibility index (Phi) is 4.01. The molecule has 0 spiro atoms. The maximum Gasteiger partial charge on any atom is 0.227 e. The topological polar surface area (TPSA) is 56.3 Å². The monoisotopic (exact) mass is 285 g/mol. The summed E-state index contributed by atoms with van der Waals surface area (Å²) in [5, 5.41) is 3.32. The Hall–Kier alpha value is -2.14. The van der Waals surface area contributed by atoms with Crippen molar-refractivity contribution < 1.29 is 9.47 Å². The second kappa shape index (κ2) is 6.10. The highest BCUT2D eigenvalue weighted by atomic mass is 16.5. The van der Waals surface area contributed by atoms with Gasteiger partial charge >= 0.3 is 0 Å². The van der Waals surface area contributed by atoms with E-state index in [1.807, 2.05) is 18.2 Å². The first-order chi connectivity index (χ1) is 10.3. The smallest absolute Gasteiger partial charge is 0.227 e. The minimum Gasteiger partial charge on any atom is -0.493 e. The molecule has 110 valence electrons. The van der Waals surface area contributed by atoms with Crippen LogP contribution >= 0.6 is 0 Å². The van der Waals surface area contributed by atoms with Crippen molar-refractivity contribution in [2.75, 3.05) is 13.7 Å². The summed E-state index contributed by atoms with van der Waals surface area (Å²) in [7, 11) is 1.65. The normalized spacial score (nSPS) is 13.6. The first-order valence-corrected chi connectivity index (χ1v) is 7.20. The third-order valence-electron chi connectivity index (χ3n) is 3.68. The van der Waals surface area contributed by atoms with Gasteiger partial charge in [-0.15, -0.1) is 0 Å². The summed E-state index contributed by atoms with van der Waals surface area (Å²) in [6.07, 6.45) is 3.43. The molecule has 5 nitrogen and oxygen atoms in total. The Bertz CT molecular complexity index is 643. The lowest BCUT2D eigenvalue weighted by Gasteiger charge is -2.19. The third-order valence-corrected chi connectivity index (χ3v) is 3.68. The average Bonchev–Trinajstić information content (AvgIpc) is 2.55. The molecule has 0 saturated carbocycles. The summed E-state index contributed by atoms with van der Waals surface area (Å²) >= 11 is 0. The zero-order valence-electron chi connectivity index (χ0n) is 12.3. The van der Waals surface area contributed by atoms with Crippen LogP contribution in [0.5, 0.6) is 17.4 Å². The largest absolute Gasteiger partial charge is 0.493 e.